The summed E-state index contributed by atoms with van der Waals surface area (Å²) < 4.78 is 14.4. The maximum Gasteiger partial charge on any atom is 0.295 e. The van der Waals surface area contributed by atoms with Gasteiger partial charge in [0.1, 0.15) is 5.82 Å². The molecule has 0 bridgehead atoms. The topological polar surface area (TPSA) is 96.0 Å². The first-order valence-electron chi connectivity index (χ1n) is 11.5. The van der Waals surface area contributed by atoms with Crippen molar-refractivity contribution in [2.75, 3.05) is 5.32 Å². The van der Waals surface area contributed by atoms with Gasteiger partial charge in [-0.05, 0) is 67.9 Å². The van der Waals surface area contributed by atoms with Crippen molar-refractivity contribution in [3.63, 3.8) is 0 Å². The molecule has 2 unspecified atom stereocenters. The minimum atomic E-state index is -0.652. The van der Waals surface area contributed by atoms with Gasteiger partial charge >= 0.3 is 0 Å². The summed E-state index contributed by atoms with van der Waals surface area (Å²) in [6, 6.07) is 8.19. The quantitative estimate of drug-likeness (QED) is 0.452. The Morgan fingerprint density at radius 3 is 2.66 bits per heavy atom. The van der Waals surface area contributed by atoms with E-state index in [4.69, 9.17) is 18.0 Å². The van der Waals surface area contributed by atoms with Gasteiger partial charge in [0, 0.05) is 35.3 Å². The number of hydrogen-bond donors (Lipinski definition) is 3. The van der Waals surface area contributed by atoms with Crippen LogP contribution in [0.15, 0.2) is 36.5 Å². The number of terminal acetylenes is 1. The Morgan fingerprint density at radius 1 is 1.09 bits per heavy atom. The predicted octanol–water partition coefficient (Wildman–Crippen LogP) is 4.06. The van der Waals surface area contributed by atoms with Crippen LogP contribution in [0.25, 0.3) is 22.0 Å². The number of amides is 2. The summed E-state index contributed by atoms with van der Waals surface area (Å²) >= 11 is 6.34. The summed E-state index contributed by atoms with van der Waals surface area (Å²) in [6.45, 7) is 0. The molecule has 2 aliphatic rings. The van der Waals surface area contributed by atoms with Gasteiger partial charge in [-0.15, -0.1) is 6.42 Å². The number of aromatic nitrogens is 2. The van der Waals surface area contributed by atoms with E-state index in [1.54, 1.807) is 6.20 Å². The molecule has 0 spiro atoms. The van der Waals surface area contributed by atoms with Gasteiger partial charge in [0.05, 0.1) is 16.1 Å². The first kappa shape index (κ1) is 23.1. The van der Waals surface area contributed by atoms with Crippen LogP contribution in [0, 0.1) is 18.2 Å². The minimum absolute atomic E-state index is 0.0118. The fourth-order valence-corrected chi connectivity index (χ4v) is 4.65. The van der Waals surface area contributed by atoms with E-state index < -0.39 is 17.6 Å². The SMILES string of the molecule is C#CC(=O)NC1CCCC1Nc1ncc2cc(-c3cc(C(=O)NC4CC4)c(F)cc3Cl)ccc2n1. The highest BCUT2D eigenvalue weighted by Gasteiger charge is 2.29. The molecule has 2 aliphatic carbocycles. The van der Waals surface area contributed by atoms with Crippen molar-refractivity contribution in [2.45, 2.75) is 50.2 Å². The smallest absolute Gasteiger partial charge is 0.295 e. The summed E-state index contributed by atoms with van der Waals surface area (Å²) in [5, 5.41) is 9.93. The minimum Gasteiger partial charge on any atom is -0.349 e. The average molecular weight is 492 g/mol. The second-order valence-electron chi connectivity index (χ2n) is 8.93. The maximum absolute atomic E-state index is 14.4. The van der Waals surface area contributed by atoms with Gasteiger partial charge in [-0.25, -0.2) is 14.4 Å². The van der Waals surface area contributed by atoms with Crippen LogP contribution in [0.2, 0.25) is 5.02 Å². The molecule has 9 heteroatoms. The third-order valence-electron chi connectivity index (χ3n) is 6.38. The molecule has 2 fully saturated rings. The number of carbonyl (C=O) groups is 2. The van der Waals surface area contributed by atoms with Crippen LogP contribution in [0.5, 0.6) is 0 Å². The van der Waals surface area contributed by atoms with E-state index in [0.29, 0.717) is 17.0 Å². The van der Waals surface area contributed by atoms with E-state index in [0.717, 1.165) is 43.1 Å². The number of anilines is 1. The third-order valence-corrected chi connectivity index (χ3v) is 6.70. The number of carbonyl (C=O) groups excluding carboxylic acids is 2. The average Bonchev–Trinajstić information content (AvgIpc) is 3.56. The molecule has 0 saturated heterocycles. The molecule has 2 atom stereocenters. The van der Waals surface area contributed by atoms with Gasteiger partial charge in [0.25, 0.3) is 11.8 Å². The molecule has 2 amide bonds. The molecule has 1 heterocycles. The molecule has 1 aromatic heterocycles. The fourth-order valence-electron chi connectivity index (χ4n) is 4.39. The number of rotatable bonds is 6. The van der Waals surface area contributed by atoms with Crippen molar-refractivity contribution in [3.8, 4) is 23.5 Å². The number of halogens is 2. The Kier molecular flexibility index (Phi) is 6.27. The summed E-state index contributed by atoms with van der Waals surface area (Å²) in [5.74, 6) is 1.02. The Bertz CT molecular complexity index is 1370. The molecule has 35 heavy (non-hydrogen) atoms. The van der Waals surface area contributed by atoms with Gasteiger partial charge in [0.2, 0.25) is 5.95 Å². The monoisotopic (exact) mass is 491 g/mol. The van der Waals surface area contributed by atoms with Crippen LogP contribution < -0.4 is 16.0 Å². The van der Waals surface area contributed by atoms with Crippen LogP contribution in [-0.4, -0.2) is 39.9 Å². The maximum atomic E-state index is 14.4. The number of hydrogen-bond acceptors (Lipinski definition) is 5. The van der Waals surface area contributed by atoms with Crippen molar-refractivity contribution in [1.82, 2.24) is 20.6 Å². The zero-order chi connectivity index (χ0) is 24.5. The molecule has 2 saturated carbocycles. The zero-order valence-corrected chi connectivity index (χ0v) is 19.5. The van der Waals surface area contributed by atoms with E-state index in [2.05, 4.69) is 31.8 Å². The van der Waals surface area contributed by atoms with Crippen molar-refractivity contribution in [3.05, 3.63) is 52.9 Å². The van der Waals surface area contributed by atoms with Crippen molar-refractivity contribution in [2.24, 2.45) is 0 Å². The summed E-state index contributed by atoms with van der Waals surface area (Å²) in [5.41, 5.74) is 1.95. The van der Waals surface area contributed by atoms with Gasteiger partial charge in [0.15, 0.2) is 0 Å². The highest BCUT2D eigenvalue weighted by Crippen LogP contribution is 2.33. The lowest BCUT2D eigenvalue weighted by atomic mass is 10.0. The van der Waals surface area contributed by atoms with E-state index in [9.17, 15) is 14.0 Å². The normalized spacial score (nSPS) is 19.2. The number of benzene rings is 2. The first-order valence-corrected chi connectivity index (χ1v) is 11.9. The van der Waals surface area contributed by atoms with Crippen LogP contribution in [0.3, 0.4) is 0 Å². The van der Waals surface area contributed by atoms with Crippen LogP contribution in [0.4, 0.5) is 10.3 Å². The summed E-state index contributed by atoms with van der Waals surface area (Å²) in [7, 11) is 0. The van der Waals surface area contributed by atoms with Crippen LogP contribution in [0.1, 0.15) is 42.5 Å². The number of nitrogens with zero attached hydrogens (tertiary/aromatic N) is 2. The molecular formula is C26H23ClFN5O2. The molecule has 0 aliphatic heterocycles. The third kappa shape index (κ3) is 5.05. The Morgan fingerprint density at radius 2 is 1.89 bits per heavy atom. The summed E-state index contributed by atoms with van der Waals surface area (Å²) in [6.07, 6.45) is 11.4. The Labute approximate surface area is 206 Å². The Balaban J connectivity index is 1.38. The first-order chi connectivity index (χ1) is 16.9. The lowest BCUT2D eigenvalue weighted by Crippen LogP contribution is -2.43. The van der Waals surface area contributed by atoms with Crippen molar-refractivity contribution < 1.29 is 14.0 Å². The molecule has 3 aromatic rings. The van der Waals surface area contributed by atoms with Crippen molar-refractivity contribution in [1.29, 1.82) is 0 Å². The lowest BCUT2D eigenvalue weighted by Gasteiger charge is -2.21. The van der Waals surface area contributed by atoms with Crippen LogP contribution in [-0.2, 0) is 4.79 Å². The number of fused-ring (bicyclic) bond motifs is 1. The van der Waals surface area contributed by atoms with Crippen LogP contribution >= 0.6 is 11.6 Å². The zero-order valence-electron chi connectivity index (χ0n) is 18.8. The second-order valence-corrected chi connectivity index (χ2v) is 9.34. The van der Waals surface area contributed by atoms with E-state index in [-0.39, 0.29) is 28.7 Å². The largest absolute Gasteiger partial charge is 0.349 e. The molecule has 5 rings (SSSR count). The van der Waals surface area contributed by atoms with Gasteiger partial charge < -0.3 is 16.0 Å². The molecule has 178 valence electrons. The fraction of sp³-hybridized carbons (Fsp3) is 0.308. The lowest BCUT2D eigenvalue weighted by molar-refractivity contribution is -0.116. The van der Waals surface area contributed by atoms with E-state index in [1.165, 1.54) is 12.1 Å². The summed E-state index contributed by atoms with van der Waals surface area (Å²) in [4.78, 5) is 33.1. The van der Waals surface area contributed by atoms with Crippen molar-refractivity contribution >= 4 is 40.3 Å². The van der Waals surface area contributed by atoms with E-state index in [1.807, 2.05) is 18.2 Å². The molecule has 0 radical (unpaired) electrons. The Hall–Kier alpha value is -3.70. The second kappa shape index (κ2) is 9.51. The standard InChI is InChI=1S/C26H23ClFN5O2/c1-2-24(34)31-22-4-3-5-23(22)33-26-29-13-15-10-14(6-9-21(15)32-26)17-11-18(20(28)12-19(17)27)25(35)30-16-7-8-16/h1,6,9-13,16,22-23H,3-5,7-8H2,(H,30,35)(H,31,34)(H,29,32,33). The molecule has 2 aromatic carbocycles. The predicted molar refractivity (Wildman–Crippen MR) is 132 cm³/mol. The highest BCUT2D eigenvalue weighted by atomic mass is 35.5. The molecular weight excluding hydrogens is 469 g/mol. The van der Waals surface area contributed by atoms with Gasteiger partial charge in [-0.1, -0.05) is 17.7 Å². The molecule has 7 nitrogen and oxygen atoms in total. The number of nitrogens with one attached hydrogen (secondary N) is 3. The van der Waals surface area contributed by atoms with E-state index >= 15 is 0 Å². The highest BCUT2D eigenvalue weighted by molar-refractivity contribution is 6.33. The van der Waals surface area contributed by atoms with Gasteiger partial charge in [-0.2, -0.15) is 0 Å². The molecule has 3 N–H and O–H groups in total. The van der Waals surface area contributed by atoms with Gasteiger partial charge in [-0.3, -0.25) is 9.59 Å².